The molecule has 0 aromatic heterocycles. The number of nitrogens with one attached hydrogen (secondary N) is 1. The highest BCUT2D eigenvalue weighted by molar-refractivity contribution is 5.83. The number of alkyl carbamates (subject to hydrolysis) is 1. The van der Waals surface area contributed by atoms with Crippen LogP contribution in [0.5, 0.6) is 0 Å². The maximum absolute atomic E-state index is 12.4. The number of esters is 1. The minimum Gasteiger partial charge on any atom is -0.465 e. The molecular formula is C17H28N2O5. The van der Waals surface area contributed by atoms with Crippen molar-refractivity contribution in [1.82, 2.24) is 10.2 Å². The fourth-order valence-corrected chi connectivity index (χ4v) is 2.31. The zero-order valence-corrected chi connectivity index (χ0v) is 15.2. The fraction of sp³-hybridized carbons (Fsp3) is 0.706. The molecule has 2 amide bonds. The lowest BCUT2D eigenvalue weighted by Crippen LogP contribution is -2.45. The Labute approximate surface area is 143 Å². The van der Waals surface area contributed by atoms with Crippen molar-refractivity contribution in [2.24, 2.45) is 0 Å². The normalized spacial score (nSPS) is 21.2. The smallest absolute Gasteiger partial charge is 0.407 e. The highest BCUT2D eigenvalue weighted by Gasteiger charge is 2.26. The van der Waals surface area contributed by atoms with Crippen LogP contribution in [0.3, 0.4) is 0 Å². The summed E-state index contributed by atoms with van der Waals surface area (Å²) in [6, 6.07) is -0.368. The molecule has 7 nitrogen and oxygen atoms in total. The van der Waals surface area contributed by atoms with E-state index >= 15 is 0 Å². The summed E-state index contributed by atoms with van der Waals surface area (Å²) in [7, 11) is 0. The van der Waals surface area contributed by atoms with Crippen molar-refractivity contribution in [2.45, 2.75) is 59.1 Å². The van der Waals surface area contributed by atoms with E-state index in [0.717, 1.165) is 5.57 Å². The number of carbonyl (C=O) groups excluding carboxylic acids is 3. The van der Waals surface area contributed by atoms with Crippen LogP contribution in [-0.2, 0) is 19.1 Å². The van der Waals surface area contributed by atoms with Gasteiger partial charge in [0.2, 0.25) is 5.91 Å². The van der Waals surface area contributed by atoms with E-state index in [0.29, 0.717) is 13.0 Å². The van der Waals surface area contributed by atoms with E-state index in [1.807, 2.05) is 13.0 Å². The van der Waals surface area contributed by atoms with Gasteiger partial charge in [-0.1, -0.05) is 11.6 Å². The summed E-state index contributed by atoms with van der Waals surface area (Å²) in [5.74, 6) is -0.632. The van der Waals surface area contributed by atoms with Crippen LogP contribution in [0.2, 0.25) is 0 Å². The van der Waals surface area contributed by atoms with Gasteiger partial charge in [0.05, 0.1) is 6.61 Å². The standard InChI is InChI=1S/C17H28N2O5/c1-6-23-15(21)11-19-10-12(2)7-8-13(9-14(19)20)18-16(22)24-17(3,4)5/h7,13H,6,8-11H2,1-5H3,(H,18,22)/b12-7-. The summed E-state index contributed by atoms with van der Waals surface area (Å²) >= 11 is 0. The number of hydrogen-bond acceptors (Lipinski definition) is 5. The molecule has 1 aliphatic heterocycles. The first-order chi connectivity index (χ1) is 11.1. The zero-order valence-electron chi connectivity index (χ0n) is 15.2. The summed E-state index contributed by atoms with van der Waals surface area (Å²) in [5.41, 5.74) is 0.362. The van der Waals surface area contributed by atoms with Gasteiger partial charge in [-0.25, -0.2) is 4.79 Å². The number of ether oxygens (including phenoxy) is 2. The van der Waals surface area contributed by atoms with Crippen molar-refractivity contribution in [3.63, 3.8) is 0 Å². The molecule has 0 aliphatic carbocycles. The second kappa shape index (κ2) is 8.70. The lowest BCUT2D eigenvalue weighted by Gasteiger charge is -2.28. The summed E-state index contributed by atoms with van der Waals surface area (Å²) in [6.45, 7) is 9.52. The van der Waals surface area contributed by atoms with Crippen LogP contribution in [0.15, 0.2) is 11.6 Å². The van der Waals surface area contributed by atoms with Gasteiger partial charge in [-0.05, 0) is 41.0 Å². The second-order valence-electron chi connectivity index (χ2n) is 6.89. The van der Waals surface area contributed by atoms with Crippen LogP contribution in [0.1, 0.15) is 47.5 Å². The first-order valence-corrected chi connectivity index (χ1v) is 8.19. The van der Waals surface area contributed by atoms with Gasteiger partial charge >= 0.3 is 12.1 Å². The third-order valence-electron chi connectivity index (χ3n) is 3.31. The van der Waals surface area contributed by atoms with Crippen LogP contribution in [-0.4, -0.2) is 54.2 Å². The first-order valence-electron chi connectivity index (χ1n) is 8.19. The number of rotatable bonds is 4. The Balaban J connectivity index is 2.73. The Kier molecular flexibility index (Phi) is 7.25. The third kappa shape index (κ3) is 7.48. The molecule has 0 saturated carbocycles. The van der Waals surface area contributed by atoms with Gasteiger partial charge in [-0.15, -0.1) is 0 Å². The molecule has 0 radical (unpaired) electrons. The molecule has 1 N–H and O–H groups in total. The van der Waals surface area contributed by atoms with Crippen LogP contribution >= 0.6 is 0 Å². The number of carbonyl (C=O) groups is 3. The molecule has 1 aliphatic rings. The van der Waals surface area contributed by atoms with Gasteiger partial charge in [0.15, 0.2) is 0 Å². The fourth-order valence-electron chi connectivity index (χ4n) is 2.31. The average Bonchev–Trinajstić information content (AvgIpc) is 2.41. The lowest BCUT2D eigenvalue weighted by molar-refractivity contribution is -0.148. The number of nitrogens with zero attached hydrogens (tertiary/aromatic N) is 1. The monoisotopic (exact) mass is 340 g/mol. The van der Waals surface area contributed by atoms with E-state index in [1.54, 1.807) is 27.7 Å². The van der Waals surface area contributed by atoms with Gasteiger partial charge in [-0.2, -0.15) is 0 Å². The van der Waals surface area contributed by atoms with Crippen molar-refractivity contribution in [1.29, 1.82) is 0 Å². The van der Waals surface area contributed by atoms with Crippen LogP contribution in [0.25, 0.3) is 0 Å². The van der Waals surface area contributed by atoms with Gasteiger partial charge in [-0.3, -0.25) is 9.59 Å². The molecule has 1 atom stereocenters. The van der Waals surface area contributed by atoms with Crippen molar-refractivity contribution >= 4 is 18.0 Å². The minimum atomic E-state index is -0.600. The largest absolute Gasteiger partial charge is 0.465 e. The van der Waals surface area contributed by atoms with Gasteiger partial charge in [0, 0.05) is 19.0 Å². The molecule has 7 heteroatoms. The highest BCUT2D eigenvalue weighted by Crippen LogP contribution is 2.14. The van der Waals surface area contributed by atoms with E-state index in [9.17, 15) is 14.4 Å². The van der Waals surface area contributed by atoms with Crippen LogP contribution in [0.4, 0.5) is 4.79 Å². The predicted octanol–water partition coefficient (Wildman–Crippen LogP) is 2.01. The topological polar surface area (TPSA) is 84.9 Å². The van der Waals surface area contributed by atoms with Gasteiger partial charge in [0.25, 0.3) is 0 Å². The summed E-state index contributed by atoms with van der Waals surface area (Å²) in [6.07, 6.45) is 2.07. The molecule has 0 bridgehead atoms. The highest BCUT2D eigenvalue weighted by atomic mass is 16.6. The Morgan fingerprint density at radius 3 is 2.62 bits per heavy atom. The Bertz CT molecular complexity index is 508. The maximum atomic E-state index is 12.4. The van der Waals surface area contributed by atoms with Crippen LogP contribution < -0.4 is 5.32 Å². The minimum absolute atomic E-state index is 0.0863. The SMILES string of the molecule is CCOC(=O)CN1C/C(C)=C\CC(NC(=O)OC(C)(C)C)CC1=O. The quantitative estimate of drug-likeness (QED) is 0.625. The average molecular weight is 340 g/mol. The van der Waals surface area contributed by atoms with Crippen molar-refractivity contribution in [3.8, 4) is 0 Å². The molecule has 136 valence electrons. The molecule has 1 heterocycles. The Morgan fingerprint density at radius 2 is 2.04 bits per heavy atom. The Morgan fingerprint density at radius 1 is 1.38 bits per heavy atom. The van der Waals surface area contributed by atoms with Gasteiger partial charge in [0.1, 0.15) is 12.1 Å². The van der Waals surface area contributed by atoms with Crippen molar-refractivity contribution in [3.05, 3.63) is 11.6 Å². The molecule has 0 fully saturated rings. The van der Waals surface area contributed by atoms with Crippen molar-refractivity contribution in [2.75, 3.05) is 19.7 Å². The molecule has 1 unspecified atom stereocenters. The third-order valence-corrected chi connectivity index (χ3v) is 3.31. The molecule has 0 saturated heterocycles. The zero-order chi connectivity index (χ0) is 18.3. The van der Waals surface area contributed by atoms with Crippen LogP contribution in [0, 0.1) is 0 Å². The first kappa shape index (κ1) is 20.0. The lowest BCUT2D eigenvalue weighted by atomic mass is 10.0. The van der Waals surface area contributed by atoms with E-state index in [2.05, 4.69) is 5.32 Å². The Hall–Kier alpha value is -2.05. The van der Waals surface area contributed by atoms with E-state index in [-0.39, 0.29) is 31.5 Å². The number of hydrogen-bond donors (Lipinski definition) is 1. The summed E-state index contributed by atoms with van der Waals surface area (Å²) in [5, 5.41) is 2.72. The van der Waals surface area contributed by atoms with Crippen molar-refractivity contribution < 1.29 is 23.9 Å². The predicted molar refractivity (Wildman–Crippen MR) is 89.4 cm³/mol. The van der Waals surface area contributed by atoms with E-state index in [4.69, 9.17) is 9.47 Å². The second-order valence-corrected chi connectivity index (χ2v) is 6.89. The maximum Gasteiger partial charge on any atom is 0.407 e. The number of amides is 2. The van der Waals surface area contributed by atoms with E-state index in [1.165, 1.54) is 4.90 Å². The molecule has 24 heavy (non-hydrogen) atoms. The van der Waals surface area contributed by atoms with E-state index < -0.39 is 17.7 Å². The van der Waals surface area contributed by atoms with Gasteiger partial charge < -0.3 is 19.7 Å². The molecule has 1 rings (SSSR count). The molecule has 0 aromatic rings. The molecular weight excluding hydrogens is 312 g/mol. The summed E-state index contributed by atoms with van der Waals surface area (Å²) < 4.78 is 10.1. The molecule has 0 spiro atoms. The summed E-state index contributed by atoms with van der Waals surface area (Å²) in [4.78, 5) is 37.4. The molecule has 0 aromatic carbocycles.